The third kappa shape index (κ3) is 13.6. The van der Waals surface area contributed by atoms with Crippen LogP contribution in [0.2, 0.25) is 30.7 Å². The van der Waals surface area contributed by atoms with Crippen molar-refractivity contribution >= 4 is 44.8 Å². The summed E-state index contributed by atoms with van der Waals surface area (Å²) in [7, 11) is 0.146. The van der Waals surface area contributed by atoms with Gasteiger partial charge < -0.3 is 37.6 Å². The molecule has 4 aromatic carbocycles. The van der Waals surface area contributed by atoms with E-state index in [9.17, 15) is 9.59 Å². The van der Waals surface area contributed by atoms with Gasteiger partial charge in [-0.25, -0.2) is 9.59 Å². The van der Waals surface area contributed by atoms with Gasteiger partial charge in [0.05, 0.1) is 51.8 Å². The standard InChI is InChI=1S/C53H70O10Si2/c1-38(63-65(52(2,3)4,43-23-15-13-16-24-43)44-25-17-14-18-26-44)21-19-27-46(60-37-39-29-31-41(56-7)32-30-39)49-47(61-53(5,6)62-49)28-20-22-40-35-42(57-8)36-45(50(54)58-9)48(40)51(55)59-33-34-64(10,11)12/h13-20,22-27,29-32,35-36,38,46-47,49H,21,28,33-34,37H2,1-12H3/b22-20+,27-19-/t38-,46?,47-,49+/m0/s1. The third-order valence-electron chi connectivity index (χ3n) is 11.5. The highest BCUT2D eigenvalue weighted by Gasteiger charge is 2.51. The van der Waals surface area contributed by atoms with Crippen molar-refractivity contribution in [2.45, 2.75) is 122 Å². The quantitative estimate of drug-likeness (QED) is 0.0455. The van der Waals surface area contributed by atoms with E-state index in [0.29, 0.717) is 30.8 Å². The van der Waals surface area contributed by atoms with E-state index in [1.165, 1.54) is 30.7 Å². The fraction of sp³-hybridized carbons (Fsp3) is 0.434. The van der Waals surface area contributed by atoms with Crippen LogP contribution in [0.4, 0.5) is 0 Å². The number of methoxy groups -OCH3 is 3. The summed E-state index contributed by atoms with van der Waals surface area (Å²) in [4.78, 5) is 26.8. The van der Waals surface area contributed by atoms with Crippen molar-refractivity contribution in [1.29, 1.82) is 0 Å². The van der Waals surface area contributed by atoms with Crippen LogP contribution in [0, 0.1) is 0 Å². The molecule has 0 aromatic heterocycles. The normalized spacial score (nSPS) is 17.5. The minimum absolute atomic E-state index is 0.0641. The Kier molecular flexibility index (Phi) is 17.8. The molecule has 1 saturated heterocycles. The third-order valence-corrected chi connectivity index (χ3v) is 18.3. The molecule has 0 amide bonds. The first-order valence-electron chi connectivity index (χ1n) is 22.5. The number of benzene rings is 4. The maximum atomic E-state index is 13.7. The van der Waals surface area contributed by atoms with Crippen molar-refractivity contribution in [2.24, 2.45) is 0 Å². The zero-order valence-electron chi connectivity index (χ0n) is 40.5. The number of hydrogen-bond donors (Lipinski definition) is 0. The fourth-order valence-corrected chi connectivity index (χ4v) is 13.6. The number of carbonyl (C=O) groups is 2. The van der Waals surface area contributed by atoms with E-state index in [1.807, 2.05) is 44.2 Å². The molecule has 1 aliphatic rings. The van der Waals surface area contributed by atoms with Crippen LogP contribution in [0.5, 0.6) is 11.5 Å². The van der Waals surface area contributed by atoms with Gasteiger partial charge in [0.25, 0.3) is 8.32 Å². The van der Waals surface area contributed by atoms with E-state index in [4.69, 9.17) is 37.6 Å². The largest absolute Gasteiger partial charge is 0.497 e. The van der Waals surface area contributed by atoms with Crippen molar-refractivity contribution < 1.29 is 47.2 Å². The Bertz CT molecular complexity index is 2170. The topological polar surface area (TPSA) is 108 Å². The Labute approximate surface area is 389 Å². The lowest BCUT2D eigenvalue weighted by molar-refractivity contribution is -0.156. The van der Waals surface area contributed by atoms with E-state index in [0.717, 1.165) is 17.4 Å². The average molecular weight is 923 g/mol. The van der Waals surface area contributed by atoms with E-state index in [-0.39, 0.29) is 28.9 Å². The van der Waals surface area contributed by atoms with Gasteiger partial charge in [0.15, 0.2) is 5.79 Å². The number of carbonyl (C=O) groups excluding carboxylic acids is 2. The van der Waals surface area contributed by atoms with Crippen LogP contribution in [0.15, 0.2) is 115 Å². The lowest BCUT2D eigenvalue weighted by Gasteiger charge is -2.44. The fourth-order valence-electron chi connectivity index (χ4n) is 8.18. The number of hydrogen-bond acceptors (Lipinski definition) is 10. The smallest absolute Gasteiger partial charge is 0.339 e. The Hall–Kier alpha value is -4.83. The Morgan fingerprint density at radius 1 is 0.800 bits per heavy atom. The summed E-state index contributed by atoms with van der Waals surface area (Å²) >= 11 is 0. The molecular weight excluding hydrogens is 853 g/mol. The Morgan fingerprint density at radius 3 is 1.97 bits per heavy atom. The van der Waals surface area contributed by atoms with Crippen molar-refractivity contribution in [3.05, 3.63) is 138 Å². The lowest BCUT2D eigenvalue weighted by Crippen LogP contribution is -2.67. The summed E-state index contributed by atoms with van der Waals surface area (Å²) < 4.78 is 49.2. The van der Waals surface area contributed by atoms with Crippen LogP contribution in [0.25, 0.3) is 6.08 Å². The van der Waals surface area contributed by atoms with E-state index >= 15 is 0 Å². The second-order valence-electron chi connectivity index (χ2n) is 19.2. The summed E-state index contributed by atoms with van der Waals surface area (Å²) in [5.41, 5.74) is 1.61. The molecule has 1 fully saturated rings. The van der Waals surface area contributed by atoms with Crippen LogP contribution < -0.4 is 19.8 Å². The molecule has 12 heteroatoms. The van der Waals surface area contributed by atoms with Crippen molar-refractivity contribution in [3.63, 3.8) is 0 Å². The van der Waals surface area contributed by atoms with Crippen molar-refractivity contribution in [3.8, 4) is 11.5 Å². The molecular formula is C53H70O10Si2. The van der Waals surface area contributed by atoms with Crippen molar-refractivity contribution in [2.75, 3.05) is 27.9 Å². The molecule has 1 unspecified atom stereocenters. The van der Waals surface area contributed by atoms with Gasteiger partial charge in [-0.1, -0.05) is 138 Å². The SMILES string of the molecule is COC(=O)c1cc(OC)cc(/C=C/C[C@@H]2OC(C)(C)O[C@@H]2C(/C=C\C[C@H](C)O[Si](c2ccccc2)(c2ccccc2)C(C)(C)C)OCc2ccc(OC)cc2)c1C(=O)OCC[Si](C)(C)C. The molecule has 0 bridgehead atoms. The summed E-state index contributed by atoms with van der Waals surface area (Å²) in [5, 5.41) is 2.29. The summed E-state index contributed by atoms with van der Waals surface area (Å²) in [6, 6.07) is 33.1. The molecule has 65 heavy (non-hydrogen) atoms. The maximum Gasteiger partial charge on any atom is 0.339 e. The first kappa shape index (κ1) is 51.2. The average Bonchev–Trinajstić information content (AvgIpc) is 3.59. The Balaban J connectivity index is 1.45. The highest BCUT2D eigenvalue weighted by molar-refractivity contribution is 6.99. The molecule has 350 valence electrons. The highest BCUT2D eigenvalue weighted by Crippen LogP contribution is 2.38. The zero-order valence-corrected chi connectivity index (χ0v) is 42.5. The number of rotatable bonds is 21. The first-order chi connectivity index (χ1) is 30.8. The van der Waals surface area contributed by atoms with Gasteiger partial charge in [-0.05, 0) is 90.5 Å². The van der Waals surface area contributed by atoms with Crippen molar-refractivity contribution in [1.82, 2.24) is 0 Å². The second-order valence-corrected chi connectivity index (χ2v) is 29.1. The number of esters is 2. The summed E-state index contributed by atoms with van der Waals surface area (Å²) in [6.45, 7) is 20.0. The molecule has 4 atom stereocenters. The van der Waals surface area contributed by atoms with Crippen LogP contribution in [0.3, 0.4) is 0 Å². The predicted octanol–water partition coefficient (Wildman–Crippen LogP) is 10.4. The molecule has 1 heterocycles. The van der Waals surface area contributed by atoms with Gasteiger partial charge in [-0.15, -0.1) is 0 Å². The van der Waals surface area contributed by atoms with Gasteiger partial charge >= 0.3 is 11.9 Å². The maximum absolute atomic E-state index is 13.7. The van der Waals surface area contributed by atoms with Gasteiger partial charge in [0.2, 0.25) is 0 Å². The number of ether oxygens (including phenoxy) is 7. The molecule has 0 aliphatic carbocycles. The molecule has 0 saturated carbocycles. The molecule has 0 N–H and O–H groups in total. The van der Waals surface area contributed by atoms with E-state index in [2.05, 4.69) is 120 Å². The summed E-state index contributed by atoms with van der Waals surface area (Å²) in [6.07, 6.45) is 7.32. The molecule has 4 aromatic rings. The molecule has 1 aliphatic heterocycles. The van der Waals surface area contributed by atoms with Gasteiger partial charge in [-0.3, -0.25) is 0 Å². The minimum Gasteiger partial charge on any atom is -0.497 e. The zero-order chi connectivity index (χ0) is 47.4. The Morgan fingerprint density at radius 2 is 1.42 bits per heavy atom. The van der Waals surface area contributed by atoms with E-state index < -0.39 is 52.4 Å². The molecule has 0 radical (unpaired) electrons. The molecule has 5 rings (SSSR count). The van der Waals surface area contributed by atoms with Gasteiger partial charge in [0.1, 0.15) is 23.7 Å². The van der Waals surface area contributed by atoms with Crippen LogP contribution >= 0.6 is 0 Å². The summed E-state index contributed by atoms with van der Waals surface area (Å²) in [5.74, 6) is -1.03. The van der Waals surface area contributed by atoms with Gasteiger partial charge in [0, 0.05) is 14.2 Å². The first-order valence-corrected chi connectivity index (χ1v) is 28.1. The van der Waals surface area contributed by atoms with Crippen LogP contribution in [-0.4, -0.2) is 86.5 Å². The van der Waals surface area contributed by atoms with Crippen LogP contribution in [0.1, 0.15) is 86.2 Å². The molecule has 10 nitrogen and oxygen atoms in total. The monoisotopic (exact) mass is 922 g/mol. The van der Waals surface area contributed by atoms with Gasteiger partial charge in [-0.2, -0.15) is 0 Å². The molecule has 0 spiro atoms. The highest BCUT2D eigenvalue weighted by atomic mass is 28.4. The predicted molar refractivity (Wildman–Crippen MR) is 264 cm³/mol. The second kappa shape index (κ2) is 22.6. The van der Waals surface area contributed by atoms with Crippen LogP contribution in [-0.2, 0) is 34.7 Å². The lowest BCUT2D eigenvalue weighted by atomic mass is 9.98. The van der Waals surface area contributed by atoms with E-state index in [1.54, 1.807) is 19.3 Å². The minimum atomic E-state index is -2.79.